The zero-order chi connectivity index (χ0) is 20.2. The summed E-state index contributed by atoms with van der Waals surface area (Å²) in [7, 11) is 0. The number of aromatic nitrogens is 1. The van der Waals surface area contributed by atoms with Gasteiger partial charge in [0.05, 0.1) is 10.6 Å². The second-order valence-electron chi connectivity index (χ2n) is 6.24. The molecule has 0 radical (unpaired) electrons. The molecule has 5 nitrogen and oxygen atoms in total. The van der Waals surface area contributed by atoms with Crippen molar-refractivity contribution in [2.24, 2.45) is 0 Å². The Kier molecular flexibility index (Phi) is 5.55. The molecular weight excluding hydrogens is 408 g/mol. The molecule has 29 heavy (non-hydrogen) atoms. The predicted molar refractivity (Wildman–Crippen MR) is 115 cm³/mol. The van der Waals surface area contributed by atoms with Crippen LogP contribution in [-0.2, 0) is 6.61 Å². The highest BCUT2D eigenvalue weighted by Gasteiger charge is 2.12. The Balaban J connectivity index is 1.56. The van der Waals surface area contributed by atoms with E-state index in [-0.39, 0.29) is 5.69 Å². The molecular formula is C22H15ClN2O3S. The van der Waals surface area contributed by atoms with E-state index in [9.17, 15) is 10.1 Å². The topological polar surface area (TPSA) is 65.3 Å². The predicted octanol–water partition coefficient (Wildman–Crippen LogP) is 6.62. The maximum Gasteiger partial charge on any atom is 0.269 e. The second kappa shape index (κ2) is 8.43. The molecule has 0 saturated carbocycles. The van der Waals surface area contributed by atoms with Gasteiger partial charge in [-0.3, -0.25) is 10.1 Å². The summed E-state index contributed by atoms with van der Waals surface area (Å²) in [6.45, 7) is 0.407. The molecule has 4 rings (SSSR count). The van der Waals surface area contributed by atoms with Gasteiger partial charge in [0.2, 0.25) is 0 Å². The number of thiazole rings is 1. The summed E-state index contributed by atoms with van der Waals surface area (Å²) in [4.78, 5) is 15.1. The van der Waals surface area contributed by atoms with E-state index < -0.39 is 4.92 Å². The molecule has 0 aliphatic rings. The summed E-state index contributed by atoms with van der Waals surface area (Å²) in [5, 5.41) is 14.3. The number of halogens is 1. The highest BCUT2D eigenvalue weighted by molar-refractivity contribution is 7.13. The van der Waals surface area contributed by atoms with Gasteiger partial charge in [0.1, 0.15) is 17.4 Å². The summed E-state index contributed by atoms with van der Waals surface area (Å²) >= 11 is 7.44. The number of hydrogen-bond donors (Lipinski definition) is 0. The molecule has 0 atom stereocenters. The van der Waals surface area contributed by atoms with E-state index in [1.54, 1.807) is 24.3 Å². The molecule has 7 heteroatoms. The maximum absolute atomic E-state index is 10.8. The first-order valence-corrected chi connectivity index (χ1v) is 10.0. The van der Waals surface area contributed by atoms with Crippen LogP contribution in [0, 0.1) is 10.1 Å². The smallest absolute Gasteiger partial charge is 0.269 e. The molecule has 1 aromatic heterocycles. The van der Waals surface area contributed by atoms with Gasteiger partial charge in [0.25, 0.3) is 5.69 Å². The van der Waals surface area contributed by atoms with Crippen LogP contribution < -0.4 is 4.74 Å². The van der Waals surface area contributed by atoms with Crippen LogP contribution in [0.15, 0.2) is 78.2 Å². The van der Waals surface area contributed by atoms with Gasteiger partial charge in [-0.1, -0.05) is 35.9 Å². The quantitative estimate of drug-likeness (QED) is 0.259. The van der Waals surface area contributed by atoms with Crippen LogP contribution in [0.5, 0.6) is 5.75 Å². The van der Waals surface area contributed by atoms with Gasteiger partial charge in [0, 0.05) is 33.7 Å². The van der Waals surface area contributed by atoms with Crippen LogP contribution >= 0.6 is 22.9 Å². The molecule has 0 N–H and O–H groups in total. The van der Waals surface area contributed by atoms with Crippen LogP contribution in [0.2, 0.25) is 5.02 Å². The maximum atomic E-state index is 10.8. The lowest BCUT2D eigenvalue weighted by Gasteiger charge is -2.09. The van der Waals surface area contributed by atoms with E-state index in [1.165, 1.54) is 23.5 Å². The van der Waals surface area contributed by atoms with E-state index in [0.29, 0.717) is 11.6 Å². The van der Waals surface area contributed by atoms with E-state index in [2.05, 4.69) is 0 Å². The number of rotatable bonds is 6. The molecule has 0 fully saturated rings. The molecule has 4 aromatic rings. The average molecular weight is 423 g/mol. The first-order valence-electron chi connectivity index (χ1n) is 8.77. The number of nitro benzene ring substituents is 1. The molecule has 0 aliphatic carbocycles. The van der Waals surface area contributed by atoms with E-state index >= 15 is 0 Å². The van der Waals surface area contributed by atoms with Crippen molar-refractivity contribution in [1.82, 2.24) is 4.98 Å². The highest BCUT2D eigenvalue weighted by Crippen LogP contribution is 2.32. The van der Waals surface area contributed by atoms with E-state index in [4.69, 9.17) is 21.3 Å². The van der Waals surface area contributed by atoms with Crippen molar-refractivity contribution in [1.29, 1.82) is 0 Å². The van der Waals surface area contributed by atoms with Crippen molar-refractivity contribution in [2.45, 2.75) is 6.61 Å². The van der Waals surface area contributed by atoms with Gasteiger partial charge >= 0.3 is 0 Å². The minimum Gasteiger partial charge on any atom is -0.489 e. The first-order chi connectivity index (χ1) is 14.1. The van der Waals surface area contributed by atoms with E-state index in [0.717, 1.165) is 33.1 Å². The molecule has 0 bridgehead atoms. The minimum atomic E-state index is -0.410. The monoisotopic (exact) mass is 422 g/mol. The highest BCUT2D eigenvalue weighted by atomic mass is 35.5. The SMILES string of the molecule is O=[N+]([O-])c1ccc(-c2csc(-c3ccccc3COc3ccc(Cl)cc3)n2)cc1. The Labute approximate surface area is 176 Å². The van der Waals surface area contributed by atoms with Crippen molar-refractivity contribution in [3.63, 3.8) is 0 Å². The number of nitrogens with zero attached hydrogens (tertiary/aromatic N) is 2. The van der Waals surface area contributed by atoms with Crippen molar-refractivity contribution < 1.29 is 9.66 Å². The Morgan fingerprint density at radius 3 is 2.45 bits per heavy atom. The van der Waals surface area contributed by atoms with Gasteiger partial charge < -0.3 is 4.74 Å². The van der Waals surface area contributed by atoms with Crippen molar-refractivity contribution in [3.8, 4) is 27.6 Å². The zero-order valence-electron chi connectivity index (χ0n) is 15.1. The third kappa shape index (κ3) is 4.45. The fourth-order valence-corrected chi connectivity index (χ4v) is 3.85. The van der Waals surface area contributed by atoms with Crippen LogP contribution in [-0.4, -0.2) is 9.91 Å². The molecule has 0 unspecified atom stereocenters. The Morgan fingerprint density at radius 1 is 1.00 bits per heavy atom. The third-order valence-corrected chi connectivity index (χ3v) is 5.46. The van der Waals surface area contributed by atoms with Crippen molar-refractivity contribution in [3.05, 3.63) is 98.9 Å². The fourth-order valence-electron chi connectivity index (χ4n) is 2.83. The summed E-state index contributed by atoms with van der Waals surface area (Å²) in [6.07, 6.45) is 0. The number of hydrogen-bond acceptors (Lipinski definition) is 5. The van der Waals surface area contributed by atoms with Crippen LogP contribution in [0.3, 0.4) is 0 Å². The summed E-state index contributed by atoms with van der Waals surface area (Å²) in [5.74, 6) is 0.745. The fraction of sp³-hybridized carbons (Fsp3) is 0.0455. The van der Waals surface area contributed by atoms with Crippen LogP contribution in [0.4, 0.5) is 5.69 Å². The summed E-state index contributed by atoms with van der Waals surface area (Å²) < 4.78 is 5.89. The van der Waals surface area contributed by atoms with Gasteiger partial charge in [-0.2, -0.15) is 0 Å². The van der Waals surface area contributed by atoms with Gasteiger partial charge in [0.15, 0.2) is 0 Å². The van der Waals surface area contributed by atoms with Crippen molar-refractivity contribution >= 4 is 28.6 Å². The van der Waals surface area contributed by atoms with Gasteiger partial charge in [-0.25, -0.2) is 4.98 Å². The average Bonchev–Trinajstić information content (AvgIpc) is 3.24. The number of non-ortho nitro benzene ring substituents is 1. The molecule has 0 amide bonds. The van der Waals surface area contributed by atoms with Crippen LogP contribution in [0.25, 0.3) is 21.8 Å². The number of ether oxygens (including phenoxy) is 1. The van der Waals surface area contributed by atoms with Gasteiger partial charge in [-0.05, 0) is 42.0 Å². The molecule has 144 valence electrons. The second-order valence-corrected chi connectivity index (χ2v) is 7.54. The lowest BCUT2D eigenvalue weighted by Crippen LogP contribution is -1.97. The number of nitro groups is 1. The van der Waals surface area contributed by atoms with Crippen molar-refractivity contribution in [2.75, 3.05) is 0 Å². The Bertz CT molecular complexity index is 1140. The molecule has 0 spiro atoms. The number of benzene rings is 3. The largest absolute Gasteiger partial charge is 0.489 e. The normalized spacial score (nSPS) is 10.7. The lowest BCUT2D eigenvalue weighted by atomic mass is 10.1. The van der Waals surface area contributed by atoms with Crippen LogP contribution in [0.1, 0.15) is 5.56 Å². The molecule has 0 aliphatic heterocycles. The Morgan fingerprint density at radius 2 is 1.72 bits per heavy atom. The van der Waals surface area contributed by atoms with E-state index in [1.807, 2.05) is 41.8 Å². The molecule has 0 saturated heterocycles. The lowest BCUT2D eigenvalue weighted by molar-refractivity contribution is -0.384. The first kappa shape index (κ1) is 19.1. The summed E-state index contributed by atoms with van der Waals surface area (Å²) in [5.41, 5.74) is 3.71. The molecule has 3 aromatic carbocycles. The van der Waals surface area contributed by atoms with Gasteiger partial charge in [-0.15, -0.1) is 11.3 Å². The summed E-state index contributed by atoms with van der Waals surface area (Å²) in [6, 6.07) is 21.6. The third-order valence-electron chi connectivity index (χ3n) is 4.33. The zero-order valence-corrected chi connectivity index (χ0v) is 16.7. The Hall–Kier alpha value is -3.22. The standard InChI is InChI=1S/C22H15ClN2O3S/c23-17-7-11-19(12-8-17)28-13-16-3-1-2-4-20(16)22-24-21(14-29-22)15-5-9-18(10-6-15)25(26)27/h1-12,14H,13H2. The minimum absolute atomic E-state index is 0.0638. The molecule has 1 heterocycles.